The Balaban J connectivity index is 1.65. The Morgan fingerprint density at radius 1 is 1.06 bits per heavy atom. The molecule has 10 heteroatoms. The molecule has 0 unspecified atom stereocenters. The fraction of sp³-hybridized carbons (Fsp3) is 0.391. The molecule has 33 heavy (non-hydrogen) atoms. The third kappa shape index (κ3) is 6.93. The van der Waals surface area contributed by atoms with E-state index in [0.717, 1.165) is 16.8 Å². The van der Waals surface area contributed by atoms with Gasteiger partial charge in [-0.25, -0.2) is 8.42 Å². The minimum Gasteiger partial charge on any atom is -0.468 e. The van der Waals surface area contributed by atoms with E-state index in [4.69, 9.17) is 11.6 Å². The maximum Gasteiger partial charge on any atom is 0.325 e. The summed E-state index contributed by atoms with van der Waals surface area (Å²) >= 11 is 5.90. The van der Waals surface area contributed by atoms with E-state index >= 15 is 0 Å². The van der Waals surface area contributed by atoms with Crippen LogP contribution in [-0.2, 0) is 30.9 Å². The van der Waals surface area contributed by atoms with Crippen molar-refractivity contribution in [1.82, 2.24) is 9.21 Å². The molecule has 1 amide bonds. The van der Waals surface area contributed by atoms with Crippen molar-refractivity contribution in [3.8, 4) is 0 Å². The van der Waals surface area contributed by atoms with Gasteiger partial charge in [0.15, 0.2) is 0 Å². The maximum absolute atomic E-state index is 13.0. The summed E-state index contributed by atoms with van der Waals surface area (Å²) in [6.45, 7) is 3.40. The number of rotatable bonds is 8. The van der Waals surface area contributed by atoms with Gasteiger partial charge in [-0.2, -0.15) is 4.31 Å². The lowest BCUT2D eigenvalue weighted by Gasteiger charge is -2.35. The third-order valence-corrected chi connectivity index (χ3v) is 7.51. The summed E-state index contributed by atoms with van der Waals surface area (Å²) in [5.74, 6) is -1.99. The molecule has 0 atom stereocenters. The highest BCUT2D eigenvalue weighted by Gasteiger charge is 2.31. The molecule has 178 valence electrons. The Morgan fingerprint density at radius 3 is 2.33 bits per heavy atom. The molecule has 1 aliphatic heterocycles. The zero-order valence-electron chi connectivity index (χ0n) is 18.7. The normalized spacial score (nSPS) is 14.7. The van der Waals surface area contributed by atoms with Crippen LogP contribution in [0, 0.1) is 6.92 Å². The number of carbonyl (C=O) groups excluding carboxylic acids is 2. The predicted octanol–water partition coefficient (Wildman–Crippen LogP) is 2.30. The number of sulfonamides is 1. The molecule has 0 bridgehead atoms. The summed E-state index contributed by atoms with van der Waals surface area (Å²) in [6.07, 6.45) is 0. The van der Waals surface area contributed by atoms with Crippen LogP contribution in [0.25, 0.3) is 0 Å². The molecular formula is C23H28ClN3O5S. The first-order valence-electron chi connectivity index (χ1n) is 10.6. The van der Waals surface area contributed by atoms with E-state index in [2.05, 4.69) is 15.7 Å². The van der Waals surface area contributed by atoms with E-state index in [0.29, 0.717) is 18.1 Å². The lowest BCUT2D eigenvalue weighted by atomic mass is 10.2. The van der Waals surface area contributed by atoms with Crippen LogP contribution in [0.3, 0.4) is 0 Å². The predicted molar refractivity (Wildman–Crippen MR) is 128 cm³/mol. The van der Waals surface area contributed by atoms with Crippen LogP contribution in [0.15, 0.2) is 48.5 Å². The lowest BCUT2D eigenvalue weighted by molar-refractivity contribution is -0.146. The number of halogens is 1. The Morgan fingerprint density at radius 2 is 1.73 bits per heavy atom. The standard InChI is InChI=1S/C23H28ClN3O5S/c1-18-4-3-5-21(14-18)25-10-12-27(13-11-25)33(30,31)17-22(28)26(16-23(29)32-2)15-19-6-8-20(24)9-7-19/h3-9,14H,10-13,15-17H2,1-2H3. The lowest BCUT2D eigenvalue weighted by Crippen LogP contribution is -2.51. The van der Waals surface area contributed by atoms with Crippen molar-refractivity contribution in [2.24, 2.45) is 0 Å². The Labute approximate surface area is 199 Å². The van der Waals surface area contributed by atoms with E-state index in [1.54, 1.807) is 24.3 Å². The summed E-state index contributed by atoms with van der Waals surface area (Å²) in [4.78, 5) is 28.1. The number of anilines is 1. The highest BCUT2D eigenvalue weighted by Crippen LogP contribution is 2.19. The molecule has 1 heterocycles. The number of piperazine rings is 1. The van der Waals surface area contributed by atoms with Gasteiger partial charge in [-0.3, -0.25) is 9.59 Å². The number of hydrogen-bond donors (Lipinski definition) is 0. The number of nitrogens with zero attached hydrogens (tertiary/aromatic N) is 3. The van der Waals surface area contributed by atoms with E-state index in [-0.39, 0.29) is 26.2 Å². The van der Waals surface area contributed by atoms with Crippen LogP contribution in [0.1, 0.15) is 11.1 Å². The van der Waals surface area contributed by atoms with Gasteiger partial charge in [0.2, 0.25) is 15.9 Å². The minimum absolute atomic E-state index is 0.0712. The molecule has 1 saturated heterocycles. The highest BCUT2D eigenvalue weighted by molar-refractivity contribution is 7.89. The van der Waals surface area contributed by atoms with E-state index < -0.39 is 27.7 Å². The van der Waals surface area contributed by atoms with Crippen molar-refractivity contribution >= 4 is 39.2 Å². The Bertz CT molecular complexity index is 1080. The zero-order valence-corrected chi connectivity index (χ0v) is 20.3. The fourth-order valence-electron chi connectivity index (χ4n) is 3.65. The molecule has 0 aliphatic carbocycles. The number of methoxy groups -OCH3 is 1. The first-order valence-corrected chi connectivity index (χ1v) is 12.5. The van der Waals surface area contributed by atoms with Crippen LogP contribution in [0.5, 0.6) is 0 Å². The van der Waals surface area contributed by atoms with Crippen LogP contribution in [-0.4, -0.2) is 75.1 Å². The van der Waals surface area contributed by atoms with Gasteiger partial charge in [-0.15, -0.1) is 0 Å². The summed E-state index contributed by atoms with van der Waals surface area (Å²) in [5, 5.41) is 0.539. The molecule has 0 spiro atoms. The smallest absolute Gasteiger partial charge is 0.325 e. The average Bonchev–Trinajstić information content (AvgIpc) is 2.79. The van der Waals surface area contributed by atoms with E-state index in [1.807, 2.05) is 25.1 Å². The van der Waals surface area contributed by atoms with Crippen molar-refractivity contribution in [3.63, 3.8) is 0 Å². The molecule has 1 aliphatic rings. The first-order chi connectivity index (χ1) is 15.7. The molecule has 0 saturated carbocycles. The number of amides is 1. The second-order valence-corrected chi connectivity index (χ2v) is 10.3. The summed E-state index contributed by atoms with van der Waals surface area (Å²) < 4.78 is 32.0. The topological polar surface area (TPSA) is 87.2 Å². The number of esters is 1. The maximum atomic E-state index is 13.0. The average molecular weight is 494 g/mol. The fourth-order valence-corrected chi connectivity index (χ4v) is 5.17. The Hall–Kier alpha value is -2.62. The first kappa shape index (κ1) is 25.0. The van der Waals surface area contributed by atoms with Crippen molar-refractivity contribution in [1.29, 1.82) is 0 Å². The molecular weight excluding hydrogens is 466 g/mol. The van der Waals surface area contributed by atoms with Crippen molar-refractivity contribution in [2.45, 2.75) is 13.5 Å². The molecule has 1 fully saturated rings. The number of hydrogen-bond acceptors (Lipinski definition) is 6. The van der Waals surface area contributed by atoms with Gasteiger partial charge in [0.05, 0.1) is 7.11 Å². The monoisotopic (exact) mass is 493 g/mol. The Kier molecular flexibility index (Phi) is 8.34. The second kappa shape index (κ2) is 11.0. The quantitative estimate of drug-likeness (QED) is 0.524. The number of benzene rings is 2. The van der Waals surface area contributed by atoms with Gasteiger partial charge in [-0.1, -0.05) is 35.9 Å². The number of carbonyl (C=O) groups is 2. The SMILES string of the molecule is COC(=O)CN(Cc1ccc(Cl)cc1)C(=O)CS(=O)(=O)N1CCN(c2cccc(C)c2)CC1. The van der Waals surface area contributed by atoms with Gasteiger partial charge < -0.3 is 14.5 Å². The molecule has 0 aromatic heterocycles. The van der Waals surface area contributed by atoms with E-state index in [9.17, 15) is 18.0 Å². The summed E-state index contributed by atoms with van der Waals surface area (Å²) in [5.41, 5.74) is 2.91. The van der Waals surface area contributed by atoms with Gasteiger partial charge in [0.25, 0.3) is 0 Å². The van der Waals surface area contributed by atoms with Crippen molar-refractivity contribution < 1.29 is 22.7 Å². The van der Waals surface area contributed by atoms with Crippen molar-refractivity contribution in [3.05, 3.63) is 64.7 Å². The van der Waals surface area contributed by atoms with Crippen LogP contribution in [0.2, 0.25) is 5.02 Å². The van der Waals surface area contributed by atoms with Gasteiger partial charge in [0.1, 0.15) is 12.3 Å². The van der Waals surface area contributed by atoms with Gasteiger partial charge >= 0.3 is 5.97 Å². The molecule has 0 N–H and O–H groups in total. The number of ether oxygens (including phenoxy) is 1. The molecule has 0 radical (unpaired) electrons. The summed E-state index contributed by atoms with van der Waals surface area (Å²) in [6, 6.07) is 14.8. The third-order valence-electron chi connectivity index (χ3n) is 5.49. The van der Waals surface area contributed by atoms with Crippen LogP contribution >= 0.6 is 11.6 Å². The second-order valence-electron chi connectivity index (χ2n) is 7.93. The largest absolute Gasteiger partial charge is 0.468 e. The molecule has 8 nitrogen and oxygen atoms in total. The number of aryl methyl sites for hydroxylation is 1. The van der Waals surface area contributed by atoms with Gasteiger partial charge in [0, 0.05) is 43.4 Å². The zero-order chi connectivity index (χ0) is 24.0. The van der Waals surface area contributed by atoms with Gasteiger partial charge in [-0.05, 0) is 42.3 Å². The van der Waals surface area contributed by atoms with Crippen molar-refractivity contribution in [2.75, 3.05) is 50.5 Å². The van der Waals surface area contributed by atoms with E-state index in [1.165, 1.54) is 16.3 Å². The minimum atomic E-state index is -3.84. The van der Waals surface area contributed by atoms with Crippen LogP contribution in [0.4, 0.5) is 5.69 Å². The molecule has 3 rings (SSSR count). The summed E-state index contributed by atoms with van der Waals surface area (Å²) in [7, 11) is -2.62. The molecule has 2 aromatic rings. The highest BCUT2D eigenvalue weighted by atomic mass is 35.5. The van der Waals surface area contributed by atoms with Crippen LogP contribution < -0.4 is 4.90 Å². The molecule has 2 aromatic carbocycles.